The zero-order chi connectivity index (χ0) is 18.0. The van der Waals surface area contributed by atoms with Crippen LogP contribution in [-0.4, -0.2) is 26.2 Å². The minimum atomic E-state index is 0.276. The van der Waals surface area contributed by atoms with Crippen molar-refractivity contribution in [3.63, 3.8) is 0 Å². The molecule has 1 amide bonds. The Balaban J connectivity index is 2.07. The second-order valence-corrected chi connectivity index (χ2v) is 6.94. The van der Waals surface area contributed by atoms with Crippen LogP contribution in [0.5, 0.6) is 0 Å². The normalized spacial score (nSPS) is 10.7. The lowest BCUT2D eigenvalue weighted by atomic mass is 10.3. The van der Waals surface area contributed by atoms with Gasteiger partial charge >= 0.3 is 0 Å². The fourth-order valence-electron chi connectivity index (χ4n) is 2.30. The third-order valence-electron chi connectivity index (χ3n) is 3.35. The van der Waals surface area contributed by atoms with Gasteiger partial charge < -0.3 is 0 Å². The number of amides is 1. The van der Waals surface area contributed by atoms with Gasteiger partial charge in [0, 0.05) is 29.4 Å². The number of rotatable bonds is 5. The molecule has 0 saturated heterocycles. The maximum atomic E-state index is 11.7. The molecule has 25 heavy (non-hydrogen) atoms. The van der Waals surface area contributed by atoms with Gasteiger partial charge in [0.15, 0.2) is 0 Å². The summed E-state index contributed by atoms with van der Waals surface area (Å²) in [4.78, 5) is 22.2. The largest absolute Gasteiger partial charge is 0.278 e. The van der Waals surface area contributed by atoms with Crippen LogP contribution in [0.15, 0.2) is 46.6 Å². The molecule has 6 nitrogen and oxygen atoms in total. The Labute approximate surface area is 158 Å². The summed E-state index contributed by atoms with van der Waals surface area (Å²) in [5.41, 5.74) is 1.29. The summed E-state index contributed by atoms with van der Waals surface area (Å²) in [5, 5.41) is 6.24. The highest BCUT2D eigenvalue weighted by Gasteiger charge is 2.23. The minimum absolute atomic E-state index is 0.276. The predicted molar refractivity (Wildman–Crippen MR) is 98.8 cm³/mol. The number of hydrogen-bond donors (Lipinski definition) is 0. The zero-order valence-corrected chi connectivity index (χ0v) is 15.7. The first-order valence-electron chi connectivity index (χ1n) is 7.19. The fourth-order valence-corrected chi connectivity index (χ4v) is 3.84. The van der Waals surface area contributed by atoms with Crippen molar-refractivity contribution in [2.24, 2.45) is 7.05 Å². The fraction of sp³-hybridized carbons (Fsp3) is 0.125. The van der Waals surface area contributed by atoms with Crippen LogP contribution in [0.3, 0.4) is 0 Å². The Morgan fingerprint density at radius 2 is 1.96 bits per heavy atom. The van der Waals surface area contributed by atoms with Gasteiger partial charge in [0.1, 0.15) is 10.7 Å². The van der Waals surface area contributed by atoms with Crippen LogP contribution in [0.1, 0.15) is 5.69 Å². The Hall–Kier alpha value is -2.09. The van der Waals surface area contributed by atoms with E-state index >= 15 is 0 Å². The quantitative estimate of drug-likeness (QED) is 0.605. The second-order valence-electron chi connectivity index (χ2n) is 5.06. The van der Waals surface area contributed by atoms with Gasteiger partial charge in [-0.1, -0.05) is 35.0 Å². The minimum Gasteiger partial charge on any atom is -0.278 e. The van der Waals surface area contributed by atoms with Gasteiger partial charge in [0.25, 0.3) is 0 Å². The van der Waals surface area contributed by atoms with Crippen LogP contribution in [0.25, 0.3) is 0 Å². The number of aromatic nitrogens is 4. The van der Waals surface area contributed by atoms with Crippen LogP contribution < -0.4 is 4.90 Å². The monoisotopic (exact) mass is 393 g/mol. The van der Waals surface area contributed by atoms with Crippen molar-refractivity contribution in [2.75, 3.05) is 4.90 Å². The van der Waals surface area contributed by atoms with E-state index in [1.807, 2.05) is 13.0 Å². The van der Waals surface area contributed by atoms with Crippen LogP contribution in [-0.2, 0) is 11.8 Å². The second kappa shape index (κ2) is 7.43. The molecule has 128 valence electrons. The molecule has 1 aromatic carbocycles. The van der Waals surface area contributed by atoms with Crippen molar-refractivity contribution in [3.05, 3.63) is 52.4 Å². The number of nitrogens with zero attached hydrogens (tertiary/aromatic N) is 5. The predicted octanol–water partition coefficient (Wildman–Crippen LogP) is 4.27. The van der Waals surface area contributed by atoms with Gasteiger partial charge in [0.2, 0.25) is 12.4 Å². The molecular formula is C16H13Cl2N5OS. The molecule has 0 atom stereocenters. The number of aryl methyl sites for hydroxylation is 2. The average molecular weight is 394 g/mol. The molecule has 0 aliphatic heterocycles. The zero-order valence-electron chi connectivity index (χ0n) is 13.3. The lowest BCUT2D eigenvalue weighted by Gasteiger charge is -2.16. The van der Waals surface area contributed by atoms with Crippen molar-refractivity contribution in [3.8, 4) is 0 Å². The lowest BCUT2D eigenvalue weighted by Crippen LogP contribution is -2.18. The average Bonchev–Trinajstić information content (AvgIpc) is 2.86. The van der Waals surface area contributed by atoms with E-state index in [-0.39, 0.29) is 5.95 Å². The van der Waals surface area contributed by atoms with E-state index in [1.165, 1.54) is 16.7 Å². The molecule has 0 unspecified atom stereocenters. The smallest absolute Gasteiger partial charge is 0.236 e. The van der Waals surface area contributed by atoms with Crippen molar-refractivity contribution < 1.29 is 4.79 Å². The van der Waals surface area contributed by atoms with Crippen molar-refractivity contribution in [1.82, 2.24) is 19.7 Å². The third-order valence-corrected chi connectivity index (χ3v) is 5.24. The molecule has 0 aliphatic carbocycles. The SMILES string of the molecule is Cc1nn(C)c(Sc2ccc(Cl)cc2Cl)c1N(C=O)c1ncccn1. The summed E-state index contributed by atoms with van der Waals surface area (Å²) in [6.07, 6.45) is 3.83. The van der Waals surface area contributed by atoms with E-state index in [0.717, 1.165) is 9.92 Å². The number of carbonyl (C=O) groups is 1. The molecule has 0 saturated carbocycles. The number of carbonyl (C=O) groups excluding carboxylic acids is 1. The third kappa shape index (κ3) is 3.63. The first-order valence-corrected chi connectivity index (χ1v) is 8.76. The highest BCUT2D eigenvalue weighted by atomic mass is 35.5. The summed E-state index contributed by atoms with van der Waals surface area (Å²) in [6.45, 7) is 1.82. The van der Waals surface area contributed by atoms with Crippen LogP contribution >= 0.6 is 35.0 Å². The highest BCUT2D eigenvalue weighted by Crippen LogP contribution is 2.41. The Morgan fingerprint density at radius 3 is 2.60 bits per heavy atom. The standard InChI is InChI=1S/C16H13Cl2N5OS/c1-10-14(23(9-24)16-19-6-3-7-20-16)15(22(2)21-10)25-13-5-4-11(17)8-12(13)18/h3-9H,1-2H3. The van der Waals surface area contributed by atoms with Crippen molar-refractivity contribution in [1.29, 1.82) is 0 Å². The topological polar surface area (TPSA) is 63.9 Å². The molecule has 0 bridgehead atoms. The summed E-state index contributed by atoms with van der Waals surface area (Å²) >= 11 is 13.6. The summed E-state index contributed by atoms with van der Waals surface area (Å²) in [5.74, 6) is 0.276. The van der Waals surface area contributed by atoms with Crippen molar-refractivity contribution >= 4 is 53.0 Å². The summed E-state index contributed by atoms with van der Waals surface area (Å²) in [7, 11) is 1.80. The molecule has 0 fully saturated rings. The van der Waals surface area contributed by atoms with Gasteiger partial charge in [-0.25, -0.2) is 14.9 Å². The molecule has 0 spiro atoms. The van der Waals surface area contributed by atoms with E-state index in [2.05, 4.69) is 15.1 Å². The molecule has 2 heterocycles. The first kappa shape index (κ1) is 17.7. The first-order chi connectivity index (χ1) is 12.0. The molecule has 9 heteroatoms. The molecule has 3 aromatic rings. The maximum Gasteiger partial charge on any atom is 0.236 e. The molecule has 3 rings (SSSR count). The number of halogens is 2. The van der Waals surface area contributed by atoms with Gasteiger partial charge in [0.05, 0.1) is 10.7 Å². The molecule has 0 N–H and O–H groups in total. The van der Waals surface area contributed by atoms with E-state index in [1.54, 1.807) is 42.3 Å². The number of anilines is 2. The van der Waals surface area contributed by atoms with Gasteiger partial charge in [-0.2, -0.15) is 5.10 Å². The van der Waals surface area contributed by atoms with E-state index in [9.17, 15) is 4.79 Å². The number of benzene rings is 1. The molecule has 2 aromatic heterocycles. The highest BCUT2D eigenvalue weighted by molar-refractivity contribution is 7.99. The van der Waals surface area contributed by atoms with E-state index in [4.69, 9.17) is 23.2 Å². The van der Waals surface area contributed by atoms with Gasteiger partial charge in [-0.15, -0.1) is 0 Å². The number of hydrogen-bond acceptors (Lipinski definition) is 5. The van der Waals surface area contributed by atoms with Crippen molar-refractivity contribution in [2.45, 2.75) is 16.8 Å². The maximum absolute atomic E-state index is 11.7. The Bertz CT molecular complexity index is 916. The summed E-state index contributed by atoms with van der Waals surface area (Å²) in [6, 6.07) is 6.94. The Kier molecular flexibility index (Phi) is 5.27. The van der Waals surface area contributed by atoms with Gasteiger partial charge in [-0.05, 0) is 31.2 Å². The Morgan fingerprint density at radius 1 is 1.24 bits per heavy atom. The molecule has 0 aliphatic rings. The lowest BCUT2D eigenvalue weighted by molar-refractivity contribution is -0.106. The molecular weight excluding hydrogens is 381 g/mol. The van der Waals surface area contributed by atoms with E-state index < -0.39 is 0 Å². The molecule has 0 radical (unpaired) electrons. The van der Waals surface area contributed by atoms with Gasteiger partial charge in [-0.3, -0.25) is 9.48 Å². The van der Waals surface area contributed by atoms with E-state index in [0.29, 0.717) is 27.8 Å². The summed E-state index contributed by atoms with van der Waals surface area (Å²) < 4.78 is 1.69. The van der Waals surface area contributed by atoms with Crippen LogP contribution in [0, 0.1) is 6.92 Å². The van der Waals surface area contributed by atoms with Crippen LogP contribution in [0.2, 0.25) is 10.0 Å². The van der Waals surface area contributed by atoms with Crippen LogP contribution in [0.4, 0.5) is 11.6 Å².